The predicted octanol–water partition coefficient (Wildman–Crippen LogP) is 3.06. The lowest BCUT2D eigenvalue weighted by Gasteiger charge is -2.34. The maximum Gasteiger partial charge on any atom is 0.238 e. The molecular formula is C24H30FN5O2. The highest BCUT2D eigenvalue weighted by Crippen LogP contribution is 2.27. The fourth-order valence-electron chi connectivity index (χ4n) is 3.87. The van der Waals surface area contributed by atoms with Crippen molar-refractivity contribution in [3.8, 4) is 11.5 Å². The van der Waals surface area contributed by atoms with Crippen LogP contribution in [0.3, 0.4) is 0 Å². The molecule has 1 N–H and O–H groups in total. The van der Waals surface area contributed by atoms with E-state index in [9.17, 15) is 9.18 Å². The van der Waals surface area contributed by atoms with Gasteiger partial charge in [-0.15, -0.1) is 0 Å². The number of fused-ring (bicyclic) bond motifs is 1. The molecule has 1 fully saturated rings. The van der Waals surface area contributed by atoms with Crippen LogP contribution < -0.4 is 5.32 Å². The molecule has 2 aromatic carbocycles. The van der Waals surface area contributed by atoms with Crippen LogP contribution in [0.25, 0.3) is 22.6 Å². The molecule has 1 saturated heterocycles. The molecule has 1 aromatic heterocycles. The van der Waals surface area contributed by atoms with Crippen molar-refractivity contribution < 1.29 is 13.6 Å². The third-order valence-corrected chi connectivity index (χ3v) is 5.79. The van der Waals surface area contributed by atoms with Crippen LogP contribution in [-0.4, -0.2) is 85.5 Å². The molecule has 0 unspecified atom stereocenters. The van der Waals surface area contributed by atoms with E-state index >= 15 is 0 Å². The van der Waals surface area contributed by atoms with E-state index in [0.717, 1.165) is 56.1 Å². The number of oxazole rings is 1. The number of aromatic nitrogens is 1. The van der Waals surface area contributed by atoms with E-state index < -0.39 is 0 Å². The van der Waals surface area contributed by atoms with Crippen LogP contribution in [0.1, 0.15) is 5.56 Å². The molecule has 32 heavy (non-hydrogen) atoms. The van der Waals surface area contributed by atoms with Gasteiger partial charge in [-0.25, -0.2) is 9.37 Å². The van der Waals surface area contributed by atoms with Crippen LogP contribution in [-0.2, 0) is 4.79 Å². The molecule has 0 radical (unpaired) electrons. The van der Waals surface area contributed by atoms with Gasteiger partial charge in [-0.05, 0) is 56.9 Å². The summed E-state index contributed by atoms with van der Waals surface area (Å²) in [6.07, 6.45) is 0. The maximum absolute atomic E-state index is 13.4. The molecule has 3 aromatic rings. The Morgan fingerprint density at radius 2 is 1.88 bits per heavy atom. The second-order valence-electron chi connectivity index (χ2n) is 8.63. The first-order valence-corrected chi connectivity index (χ1v) is 10.9. The number of aryl methyl sites for hydroxylation is 1. The number of carbonyl (C=O) groups excluding carboxylic acids is 1. The van der Waals surface area contributed by atoms with E-state index in [1.54, 1.807) is 6.07 Å². The fourth-order valence-corrected chi connectivity index (χ4v) is 3.87. The molecule has 7 nitrogen and oxygen atoms in total. The van der Waals surface area contributed by atoms with Crippen molar-refractivity contribution in [1.82, 2.24) is 19.7 Å². The molecule has 1 aliphatic rings. The Bertz CT molecular complexity index is 1090. The molecule has 1 aliphatic heterocycles. The highest BCUT2D eigenvalue weighted by atomic mass is 19.1. The second kappa shape index (κ2) is 9.77. The van der Waals surface area contributed by atoms with Gasteiger partial charge < -0.3 is 14.6 Å². The minimum Gasteiger partial charge on any atom is -0.436 e. The Morgan fingerprint density at radius 1 is 1.12 bits per heavy atom. The third-order valence-electron chi connectivity index (χ3n) is 5.79. The van der Waals surface area contributed by atoms with Gasteiger partial charge in [0.15, 0.2) is 5.58 Å². The Morgan fingerprint density at radius 3 is 2.59 bits per heavy atom. The van der Waals surface area contributed by atoms with Gasteiger partial charge in [-0.1, -0.05) is 0 Å². The Kier molecular flexibility index (Phi) is 6.83. The van der Waals surface area contributed by atoms with Crippen molar-refractivity contribution >= 4 is 22.7 Å². The predicted molar refractivity (Wildman–Crippen MR) is 124 cm³/mol. The number of nitrogens with zero attached hydrogens (tertiary/aromatic N) is 4. The summed E-state index contributed by atoms with van der Waals surface area (Å²) in [6.45, 7) is 8.22. The summed E-state index contributed by atoms with van der Waals surface area (Å²) in [5.74, 6) is 0.0696. The van der Waals surface area contributed by atoms with E-state index in [1.165, 1.54) is 12.1 Å². The van der Waals surface area contributed by atoms with Gasteiger partial charge in [0.25, 0.3) is 0 Å². The normalized spacial score (nSPS) is 15.5. The van der Waals surface area contributed by atoms with Crippen LogP contribution in [0.5, 0.6) is 0 Å². The van der Waals surface area contributed by atoms with E-state index in [0.29, 0.717) is 23.5 Å². The van der Waals surface area contributed by atoms with Crippen LogP contribution in [0.15, 0.2) is 40.8 Å². The number of hydrogen-bond acceptors (Lipinski definition) is 6. The first-order chi connectivity index (χ1) is 15.4. The average molecular weight is 440 g/mol. The number of nitrogens with one attached hydrogen (secondary N) is 1. The summed E-state index contributed by atoms with van der Waals surface area (Å²) in [6, 6.07) is 9.91. The topological polar surface area (TPSA) is 64.9 Å². The standard InChI is InChI=1S/C24H30FN5O2/c1-17-14-18(24-27-21-15-19(25)5-7-22(21)32-24)4-6-20(17)26-23(31)16-30-12-10-29(11-13-30)9-8-28(2)3/h4-7,14-15H,8-13,16H2,1-3H3,(H,26,31). The SMILES string of the molecule is Cc1cc(-c2nc3cc(F)ccc3o2)ccc1NC(=O)CN1CCN(CCN(C)C)CC1. The Balaban J connectivity index is 1.33. The van der Waals surface area contributed by atoms with Crippen molar-refractivity contribution in [2.45, 2.75) is 6.92 Å². The number of benzene rings is 2. The monoisotopic (exact) mass is 439 g/mol. The zero-order valence-corrected chi connectivity index (χ0v) is 18.9. The zero-order chi connectivity index (χ0) is 22.7. The quantitative estimate of drug-likeness (QED) is 0.611. The van der Waals surface area contributed by atoms with Gasteiger partial charge in [0.2, 0.25) is 11.8 Å². The number of carbonyl (C=O) groups is 1. The molecular weight excluding hydrogens is 409 g/mol. The molecule has 1 amide bonds. The first kappa shape index (κ1) is 22.4. The number of rotatable bonds is 7. The van der Waals surface area contributed by atoms with Gasteiger partial charge >= 0.3 is 0 Å². The minimum absolute atomic E-state index is 0.0140. The molecule has 170 valence electrons. The van der Waals surface area contributed by atoms with Gasteiger partial charge in [0.1, 0.15) is 11.3 Å². The van der Waals surface area contributed by atoms with Crippen LogP contribution in [0.4, 0.5) is 10.1 Å². The second-order valence-corrected chi connectivity index (χ2v) is 8.63. The molecule has 0 atom stereocenters. The van der Waals surface area contributed by atoms with Crippen molar-refractivity contribution in [3.63, 3.8) is 0 Å². The van der Waals surface area contributed by atoms with E-state index in [2.05, 4.69) is 39.1 Å². The van der Waals surface area contributed by atoms with Crippen LogP contribution in [0, 0.1) is 12.7 Å². The average Bonchev–Trinajstić information content (AvgIpc) is 3.18. The molecule has 0 saturated carbocycles. The molecule has 2 heterocycles. The van der Waals surface area contributed by atoms with Gasteiger partial charge in [0.05, 0.1) is 6.54 Å². The minimum atomic E-state index is -0.346. The molecule has 0 spiro atoms. The number of halogens is 1. The van der Waals surface area contributed by atoms with Gasteiger partial charge in [-0.3, -0.25) is 14.6 Å². The van der Waals surface area contributed by atoms with Crippen molar-refractivity contribution in [1.29, 1.82) is 0 Å². The number of anilines is 1. The maximum atomic E-state index is 13.4. The lowest BCUT2D eigenvalue weighted by Crippen LogP contribution is -2.49. The van der Waals surface area contributed by atoms with E-state index in [-0.39, 0.29) is 11.7 Å². The summed E-state index contributed by atoms with van der Waals surface area (Å²) in [4.78, 5) is 23.8. The van der Waals surface area contributed by atoms with Crippen molar-refractivity contribution in [2.24, 2.45) is 0 Å². The largest absolute Gasteiger partial charge is 0.436 e. The summed E-state index contributed by atoms with van der Waals surface area (Å²) in [5.41, 5.74) is 3.49. The lowest BCUT2D eigenvalue weighted by atomic mass is 10.1. The van der Waals surface area contributed by atoms with E-state index in [4.69, 9.17) is 4.42 Å². The fraction of sp³-hybridized carbons (Fsp3) is 0.417. The zero-order valence-electron chi connectivity index (χ0n) is 18.9. The molecule has 8 heteroatoms. The number of likely N-dealkylation sites (N-methyl/N-ethyl adjacent to an activating group) is 1. The molecule has 0 bridgehead atoms. The first-order valence-electron chi connectivity index (χ1n) is 10.9. The van der Waals surface area contributed by atoms with Gasteiger partial charge in [0, 0.05) is 56.6 Å². The molecule has 4 rings (SSSR count). The lowest BCUT2D eigenvalue weighted by molar-refractivity contribution is -0.117. The summed E-state index contributed by atoms with van der Waals surface area (Å²) in [5, 5.41) is 3.02. The number of amides is 1. The Hall–Kier alpha value is -2.81. The number of piperazine rings is 1. The van der Waals surface area contributed by atoms with Crippen LogP contribution in [0.2, 0.25) is 0 Å². The highest BCUT2D eigenvalue weighted by molar-refractivity contribution is 5.93. The molecule has 0 aliphatic carbocycles. The van der Waals surface area contributed by atoms with Crippen LogP contribution >= 0.6 is 0 Å². The summed E-state index contributed by atoms with van der Waals surface area (Å²) in [7, 11) is 4.17. The summed E-state index contributed by atoms with van der Waals surface area (Å²) >= 11 is 0. The smallest absolute Gasteiger partial charge is 0.238 e. The third kappa shape index (κ3) is 5.51. The van der Waals surface area contributed by atoms with Gasteiger partial charge in [-0.2, -0.15) is 0 Å². The van der Waals surface area contributed by atoms with E-state index in [1.807, 2.05) is 25.1 Å². The summed E-state index contributed by atoms with van der Waals surface area (Å²) < 4.78 is 19.2. The van der Waals surface area contributed by atoms with Crippen molar-refractivity contribution in [2.75, 3.05) is 65.2 Å². The highest BCUT2D eigenvalue weighted by Gasteiger charge is 2.19. The Labute approximate surface area is 187 Å². The number of hydrogen-bond donors (Lipinski definition) is 1. The van der Waals surface area contributed by atoms with Crippen molar-refractivity contribution in [3.05, 3.63) is 47.8 Å².